The molecule has 0 bridgehead atoms. The molecule has 0 spiro atoms. The number of aryl methyl sites for hydroxylation is 1. The van der Waals surface area contributed by atoms with Gasteiger partial charge < -0.3 is 4.57 Å². The number of benzene rings is 1. The molecule has 28 heavy (non-hydrogen) atoms. The van der Waals surface area contributed by atoms with Crippen LogP contribution in [0.15, 0.2) is 48.2 Å². The molecule has 0 aliphatic heterocycles. The number of nitriles is 2. The second-order valence-electron chi connectivity index (χ2n) is 6.71. The summed E-state index contributed by atoms with van der Waals surface area (Å²) in [6, 6.07) is 16.3. The Morgan fingerprint density at radius 1 is 1.00 bits per heavy atom. The number of aromatic nitrogens is 1. The Balaban J connectivity index is 1.81. The summed E-state index contributed by atoms with van der Waals surface area (Å²) in [6.45, 7) is 3.29. The van der Waals surface area contributed by atoms with E-state index >= 15 is 0 Å². The lowest BCUT2D eigenvalue weighted by atomic mass is 10.1. The third-order valence-electron chi connectivity index (χ3n) is 4.67. The molecule has 0 fully saturated rings. The zero-order chi connectivity index (χ0) is 19.8. The zero-order valence-corrected chi connectivity index (χ0v) is 16.9. The number of unbranched alkanes of at least 4 members (excludes halogenated alkanes) is 3. The standard InChI is InChI=1S/C24H23N3S/c1-2-3-4-7-14-27-18-20(23-8-5-6-9-24(23)27)10-11-21-12-13-22(28-21)15-19(16-25)17-26/h5-6,8-13,15,18H,2-4,7,14H2,1H3/b11-10+. The first kappa shape index (κ1) is 19.7. The van der Waals surface area contributed by atoms with Crippen LogP contribution in [-0.2, 0) is 6.54 Å². The molecule has 3 aromatic rings. The SMILES string of the molecule is CCCCCCn1cc(/C=C/c2ccc(C=C(C#N)C#N)s2)c2ccccc21. The van der Waals surface area contributed by atoms with Gasteiger partial charge in [-0.2, -0.15) is 10.5 Å². The first-order chi connectivity index (χ1) is 13.7. The quantitative estimate of drug-likeness (QED) is 0.313. The first-order valence-electron chi connectivity index (χ1n) is 9.63. The van der Waals surface area contributed by atoms with Gasteiger partial charge >= 0.3 is 0 Å². The number of thiophene rings is 1. The highest BCUT2D eigenvalue weighted by Crippen LogP contribution is 2.26. The molecule has 0 amide bonds. The number of para-hydroxylation sites is 1. The summed E-state index contributed by atoms with van der Waals surface area (Å²) >= 11 is 1.57. The highest BCUT2D eigenvalue weighted by molar-refractivity contribution is 7.13. The Morgan fingerprint density at radius 3 is 2.57 bits per heavy atom. The number of allylic oxidation sites excluding steroid dienone is 1. The third-order valence-corrected chi connectivity index (χ3v) is 5.67. The van der Waals surface area contributed by atoms with Gasteiger partial charge in [-0.05, 0) is 36.8 Å². The maximum absolute atomic E-state index is 8.89. The molecule has 2 aromatic heterocycles. The van der Waals surface area contributed by atoms with E-state index in [1.165, 1.54) is 42.1 Å². The van der Waals surface area contributed by atoms with Crippen LogP contribution in [0.25, 0.3) is 29.1 Å². The lowest BCUT2D eigenvalue weighted by Gasteiger charge is -2.04. The van der Waals surface area contributed by atoms with E-state index in [1.54, 1.807) is 17.4 Å². The smallest absolute Gasteiger partial charge is 0.131 e. The second kappa shape index (κ2) is 9.74. The first-order valence-corrected chi connectivity index (χ1v) is 10.4. The number of hydrogen-bond acceptors (Lipinski definition) is 3. The Hall–Kier alpha value is -3.08. The van der Waals surface area contributed by atoms with Crippen molar-refractivity contribution >= 4 is 40.5 Å². The Labute approximate surface area is 170 Å². The van der Waals surface area contributed by atoms with Gasteiger partial charge in [0.05, 0.1) is 0 Å². The summed E-state index contributed by atoms with van der Waals surface area (Å²) in [5.74, 6) is 0. The summed E-state index contributed by atoms with van der Waals surface area (Å²) in [5, 5.41) is 19.0. The molecular weight excluding hydrogens is 362 g/mol. The maximum Gasteiger partial charge on any atom is 0.131 e. The predicted molar refractivity (Wildman–Crippen MR) is 119 cm³/mol. The van der Waals surface area contributed by atoms with E-state index < -0.39 is 0 Å². The van der Waals surface area contributed by atoms with Crippen molar-refractivity contribution in [2.45, 2.75) is 39.2 Å². The maximum atomic E-state index is 8.89. The van der Waals surface area contributed by atoms with Crippen molar-refractivity contribution in [3.8, 4) is 12.1 Å². The van der Waals surface area contributed by atoms with E-state index in [9.17, 15) is 0 Å². The molecule has 0 N–H and O–H groups in total. The number of nitrogens with zero attached hydrogens (tertiary/aromatic N) is 3. The fourth-order valence-corrected chi connectivity index (χ4v) is 4.10. The van der Waals surface area contributed by atoms with E-state index in [-0.39, 0.29) is 5.57 Å². The van der Waals surface area contributed by atoms with Gasteiger partial charge in [-0.25, -0.2) is 0 Å². The van der Waals surface area contributed by atoms with Crippen LogP contribution in [0.5, 0.6) is 0 Å². The summed E-state index contributed by atoms with van der Waals surface area (Å²) in [6.07, 6.45) is 13.1. The molecule has 0 saturated carbocycles. The number of rotatable bonds is 8. The summed E-state index contributed by atoms with van der Waals surface area (Å²) < 4.78 is 2.36. The molecule has 0 unspecified atom stereocenters. The van der Waals surface area contributed by atoms with Gasteiger partial charge in [0.2, 0.25) is 0 Å². The molecule has 0 saturated heterocycles. The van der Waals surface area contributed by atoms with Crippen LogP contribution >= 0.6 is 11.3 Å². The molecule has 1 aromatic carbocycles. The average Bonchev–Trinajstić information content (AvgIpc) is 3.32. The molecule has 2 heterocycles. The van der Waals surface area contributed by atoms with Crippen LogP contribution in [0.2, 0.25) is 0 Å². The highest BCUT2D eigenvalue weighted by Gasteiger charge is 2.06. The fourth-order valence-electron chi connectivity index (χ4n) is 3.24. The largest absolute Gasteiger partial charge is 0.347 e. The Kier molecular flexibility index (Phi) is 6.84. The van der Waals surface area contributed by atoms with Crippen molar-refractivity contribution in [3.05, 3.63) is 63.5 Å². The second-order valence-corrected chi connectivity index (χ2v) is 7.86. The highest BCUT2D eigenvalue weighted by atomic mass is 32.1. The molecule has 140 valence electrons. The molecule has 3 rings (SSSR count). The van der Waals surface area contributed by atoms with Gasteiger partial charge in [0.1, 0.15) is 17.7 Å². The molecular formula is C24H23N3S. The van der Waals surface area contributed by atoms with Crippen LogP contribution in [0, 0.1) is 22.7 Å². The lowest BCUT2D eigenvalue weighted by Crippen LogP contribution is -1.95. The molecule has 0 aliphatic rings. The molecule has 0 atom stereocenters. The zero-order valence-electron chi connectivity index (χ0n) is 16.1. The van der Waals surface area contributed by atoms with Crippen molar-refractivity contribution in [2.24, 2.45) is 0 Å². The third kappa shape index (κ3) is 4.80. The fraction of sp³-hybridized carbons (Fsp3) is 0.250. The van der Waals surface area contributed by atoms with Crippen molar-refractivity contribution in [2.75, 3.05) is 0 Å². The predicted octanol–water partition coefficient (Wildman–Crippen LogP) is 6.88. The van der Waals surface area contributed by atoms with Crippen LogP contribution < -0.4 is 0 Å². The van der Waals surface area contributed by atoms with E-state index in [4.69, 9.17) is 10.5 Å². The van der Waals surface area contributed by atoms with Crippen LogP contribution in [0.1, 0.15) is 47.9 Å². The summed E-state index contributed by atoms with van der Waals surface area (Å²) in [4.78, 5) is 2.01. The van der Waals surface area contributed by atoms with Crippen LogP contribution in [0.3, 0.4) is 0 Å². The van der Waals surface area contributed by atoms with Gasteiger partial charge in [0.25, 0.3) is 0 Å². The minimum atomic E-state index is 0.128. The number of hydrogen-bond donors (Lipinski definition) is 0. The molecule has 0 radical (unpaired) electrons. The Morgan fingerprint density at radius 2 is 1.79 bits per heavy atom. The van der Waals surface area contributed by atoms with Crippen molar-refractivity contribution in [1.29, 1.82) is 10.5 Å². The topological polar surface area (TPSA) is 52.5 Å². The minimum absolute atomic E-state index is 0.128. The average molecular weight is 386 g/mol. The van der Waals surface area contributed by atoms with Gasteiger partial charge in [-0.3, -0.25) is 0 Å². The lowest BCUT2D eigenvalue weighted by molar-refractivity contribution is 0.593. The van der Waals surface area contributed by atoms with E-state index in [0.717, 1.165) is 16.3 Å². The Bertz CT molecular complexity index is 1070. The molecule has 4 heteroatoms. The molecule has 0 aliphatic carbocycles. The van der Waals surface area contributed by atoms with Gasteiger partial charge in [0.15, 0.2) is 0 Å². The van der Waals surface area contributed by atoms with Crippen molar-refractivity contribution < 1.29 is 0 Å². The van der Waals surface area contributed by atoms with Gasteiger partial charge in [-0.15, -0.1) is 11.3 Å². The van der Waals surface area contributed by atoms with Gasteiger partial charge in [0, 0.05) is 39.0 Å². The normalized spacial score (nSPS) is 10.8. The summed E-state index contributed by atoms with van der Waals surface area (Å²) in [5.41, 5.74) is 2.62. The van der Waals surface area contributed by atoms with Crippen molar-refractivity contribution in [1.82, 2.24) is 4.57 Å². The number of fused-ring (bicyclic) bond motifs is 1. The van der Waals surface area contributed by atoms with Crippen molar-refractivity contribution in [3.63, 3.8) is 0 Å². The summed E-state index contributed by atoms with van der Waals surface area (Å²) in [7, 11) is 0. The van der Waals surface area contributed by atoms with Crippen LogP contribution in [0.4, 0.5) is 0 Å². The molecule has 3 nitrogen and oxygen atoms in total. The monoisotopic (exact) mass is 385 g/mol. The van der Waals surface area contributed by atoms with Gasteiger partial charge in [-0.1, -0.05) is 50.5 Å². The van der Waals surface area contributed by atoms with E-state index in [2.05, 4.69) is 54.1 Å². The minimum Gasteiger partial charge on any atom is -0.347 e. The van der Waals surface area contributed by atoms with E-state index in [0.29, 0.717) is 0 Å². The van der Waals surface area contributed by atoms with E-state index in [1.807, 2.05) is 24.3 Å². The van der Waals surface area contributed by atoms with Crippen LogP contribution in [-0.4, -0.2) is 4.57 Å².